The molecule has 0 unspecified atom stereocenters. The molecular weight excluding hydrogens is 280 g/mol. The van der Waals surface area contributed by atoms with E-state index in [1.54, 1.807) is 30.0 Å². The number of hydrogen-bond acceptors (Lipinski definition) is 3. The molecule has 0 aromatic heterocycles. The number of nitriles is 1. The van der Waals surface area contributed by atoms with Gasteiger partial charge in [-0.1, -0.05) is 30.3 Å². The third-order valence-corrected chi connectivity index (χ3v) is 3.57. The van der Waals surface area contributed by atoms with Gasteiger partial charge in [-0.3, -0.25) is 4.79 Å². The molecule has 1 N–H and O–H groups in total. The van der Waals surface area contributed by atoms with Crippen LogP contribution in [-0.4, -0.2) is 12.2 Å². The van der Waals surface area contributed by atoms with Gasteiger partial charge in [0.1, 0.15) is 11.6 Å². The van der Waals surface area contributed by atoms with Gasteiger partial charge in [-0.2, -0.15) is 5.26 Å². The topological polar surface area (TPSA) is 52.9 Å². The summed E-state index contributed by atoms with van der Waals surface area (Å²) in [4.78, 5) is 13.2. The van der Waals surface area contributed by atoms with Gasteiger partial charge in [0.25, 0.3) is 5.91 Å². The van der Waals surface area contributed by atoms with Crippen molar-refractivity contribution in [2.45, 2.75) is 4.90 Å². The molecule has 3 nitrogen and oxygen atoms in total. The van der Waals surface area contributed by atoms with Gasteiger partial charge in [0.05, 0.1) is 0 Å². The number of thioether (sulfide) groups is 1. The van der Waals surface area contributed by atoms with Crippen molar-refractivity contribution in [2.75, 3.05) is 11.6 Å². The highest BCUT2D eigenvalue weighted by atomic mass is 32.2. The lowest BCUT2D eigenvalue weighted by Gasteiger charge is -2.04. The third kappa shape index (κ3) is 4.23. The second-order valence-corrected chi connectivity index (χ2v) is 5.14. The molecular formula is C17H14N2OS. The Labute approximate surface area is 128 Å². The smallest absolute Gasteiger partial charge is 0.266 e. The van der Waals surface area contributed by atoms with Crippen LogP contribution in [0.1, 0.15) is 5.56 Å². The van der Waals surface area contributed by atoms with Crippen molar-refractivity contribution in [3.63, 3.8) is 0 Å². The fourth-order valence-electron chi connectivity index (χ4n) is 1.74. The lowest BCUT2D eigenvalue weighted by molar-refractivity contribution is -0.112. The van der Waals surface area contributed by atoms with Crippen LogP contribution in [-0.2, 0) is 4.79 Å². The second kappa shape index (κ2) is 7.32. The summed E-state index contributed by atoms with van der Waals surface area (Å²) in [7, 11) is 0. The van der Waals surface area contributed by atoms with Crippen LogP contribution < -0.4 is 5.32 Å². The summed E-state index contributed by atoms with van der Waals surface area (Å²) in [5.74, 6) is -0.405. The van der Waals surface area contributed by atoms with Crippen LogP contribution in [0.25, 0.3) is 6.08 Å². The molecule has 0 fully saturated rings. The number of carbonyl (C=O) groups excluding carboxylic acids is 1. The van der Waals surface area contributed by atoms with Crippen LogP contribution in [0.3, 0.4) is 0 Å². The third-order valence-electron chi connectivity index (χ3n) is 2.82. The predicted molar refractivity (Wildman–Crippen MR) is 86.9 cm³/mol. The minimum atomic E-state index is -0.405. The van der Waals surface area contributed by atoms with Gasteiger partial charge in [0.2, 0.25) is 0 Å². The van der Waals surface area contributed by atoms with E-state index in [0.29, 0.717) is 5.69 Å². The summed E-state index contributed by atoms with van der Waals surface area (Å²) >= 11 is 1.65. The van der Waals surface area contributed by atoms with Crippen molar-refractivity contribution >= 4 is 29.4 Å². The molecule has 1 amide bonds. The van der Waals surface area contributed by atoms with Crippen molar-refractivity contribution in [1.29, 1.82) is 5.26 Å². The van der Waals surface area contributed by atoms with Gasteiger partial charge in [0, 0.05) is 10.6 Å². The van der Waals surface area contributed by atoms with Crippen LogP contribution >= 0.6 is 11.8 Å². The van der Waals surface area contributed by atoms with E-state index in [0.717, 1.165) is 10.5 Å². The number of carbonyl (C=O) groups is 1. The summed E-state index contributed by atoms with van der Waals surface area (Å²) in [6.07, 6.45) is 3.58. The van der Waals surface area contributed by atoms with Crippen LogP contribution in [0.5, 0.6) is 0 Å². The van der Waals surface area contributed by atoms with E-state index < -0.39 is 5.91 Å². The van der Waals surface area contributed by atoms with Gasteiger partial charge >= 0.3 is 0 Å². The first-order valence-corrected chi connectivity index (χ1v) is 7.57. The molecule has 2 aromatic carbocycles. The number of benzene rings is 2. The number of para-hydroxylation sites is 1. The van der Waals surface area contributed by atoms with Crippen molar-refractivity contribution in [2.24, 2.45) is 0 Å². The molecule has 0 aliphatic carbocycles. The maximum Gasteiger partial charge on any atom is 0.266 e. The van der Waals surface area contributed by atoms with E-state index in [1.807, 2.05) is 54.8 Å². The Hall–Kier alpha value is -2.51. The minimum Gasteiger partial charge on any atom is -0.321 e. The number of hydrogen-bond donors (Lipinski definition) is 1. The quantitative estimate of drug-likeness (QED) is 0.527. The van der Waals surface area contributed by atoms with Crippen LogP contribution in [0.15, 0.2) is 65.1 Å². The minimum absolute atomic E-state index is 0.0794. The number of nitrogens with zero attached hydrogens (tertiary/aromatic N) is 1. The van der Waals surface area contributed by atoms with Gasteiger partial charge < -0.3 is 5.32 Å². The number of anilines is 1. The largest absolute Gasteiger partial charge is 0.321 e. The number of rotatable bonds is 4. The standard InChI is InChI=1S/C17H14N2OS/c1-21-16-9-7-13(8-10-16)11-14(12-18)17(20)19-15-5-3-2-4-6-15/h2-11H,1H3,(H,19,20)/b14-11+. The monoisotopic (exact) mass is 294 g/mol. The fraction of sp³-hybridized carbons (Fsp3) is 0.0588. The fourth-order valence-corrected chi connectivity index (χ4v) is 2.14. The van der Waals surface area contributed by atoms with Gasteiger partial charge in [0.15, 0.2) is 0 Å². The van der Waals surface area contributed by atoms with Crippen LogP contribution in [0.2, 0.25) is 0 Å². The Balaban J connectivity index is 2.16. The molecule has 0 heterocycles. The Morgan fingerprint density at radius 3 is 2.38 bits per heavy atom. The Kier molecular flexibility index (Phi) is 5.19. The van der Waals surface area contributed by atoms with E-state index in [-0.39, 0.29) is 5.57 Å². The predicted octanol–water partition coefficient (Wildman–Crippen LogP) is 3.95. The zero-order valence-corrected chi connectivity index (χ0v) is 12.4. The molecule has 0 spiro atoms. The second-order valence-electron chi connectivity index (χ2n) is 4.26. The summed E-state index contributed by atoms with van der Waals surface area (Å²) < 4.78 is 0. The molecule has 0 atom stereocenters. The molecule has 4 heteroatoms. The van der Waals surface area contributed by atoms with Gasteiger partial charge in [-0.25, -0.2) is 0 Å². The Bertz CT molecular complexity index is 685. The molecule has 2 rings (SSSR count). The lowest BCUT2D eigenvalue weighted by atomic mass is 10.1. The molecule has 0 saturated heterocycles. The van der Waals surface area contributed by atoms with Gasteiger partial charge in [-0.05, 0) is 42.2 Å². The maximum atomic E-state index is 12.1. The summed E-state index contributed by atoms with van der Waals surface area (Å²) in [5, 5.41) is 11.9. The molecule has 21 heavy (non-hydrogen) atoms. The maximum absolute atomic E-state index is 12.1. The van der Waals surface area contributed by atoms with Crippen molar-refractivity contribution in [3.8, 4) is 6.07 Å². The Morgan fingerprint density at radius 1 is 1.14 bits per heavy atom. The van der Waals surface area contributed by atoms with E-state index in [1.165, 1.54) is 0 Å². The molecule has 0 bridgehead atoms. The zero-order valence-electron chi connectivity index (χ0n) is 11.5. The van der Waals surface area contributed by atoms with Gasteiger partial charge in [-0.15, -0.1) is 11.8 Å². The van der Waals surface area contributed by atoms with Crippen molar-refractivity contribution in [1.82, 2.24) is 0 Å². The van der Waals surface area contributed by atoms with Crippen molar-refractivity contribution in [3.05, 3.63) is 65.7 Å². The summed E-state index contributed by atoms with van der Waals surface area (Å²) in [6, 6.07) is 18.7. The van der Waals surface area contributed by atoms with E-state index in [4.69, 9.17) is 5.26 Å². The molecule has 2 aromatic rings. The lowest BCUT2D eigenvalue weighted by Crippen LogP contribution is -2.13. The normalized spacial score (nSPS) is 10.8. The van der Waals surface area contributed by atoms with E-state index >= 15 is 0 Å². The average molecular weight is 294 g/mol. The van der Waals surface area contributed by atoms with E-state index in [9.17, 15) is 4.79 Å². The first-order chi connectivity index (χ1) is 10.2. The highest BCUT2D eigenvalue weighted by Crippen LogP contribution is 2.17. The number of nitrogens with one attached hydrogen (secondary N) is 1. The van der Waals surface area contributed by atoms with Crippen LogP contribution in [0, 0.1) is 11.3 Å². The average Bonchev–Trinajstić information content (AvgIpc) is 2.54. The van der Waals surface area contributed by atoms with E-state index in [2.05, 4.69) is 5.32 Å². The molecule has 0 aliphatic rings. The summed E-state index contributed by atoms with van der Waals surface area (Å²) in [6.45, 7) is 0. The molecule has 0 aliphatic heterocycles. The van der Waals surface area contributed by atoms with Crippen molar-refractivity contribution < 1.29 is 4.79 Å². The molecule has 104 valence electrons. The number of amides is 1. The molecule has 0 saturated carbocycles. The SMILES string of the molecule is CSc1ccc(/C=C(\C#N)C(=O)Nc2ccccc2)cc1. The summed E-state index contributed by atoms with van der Waals surface area (Å²) in [5.41, 5.74) is 1.57. The first kappa shape index (κ1) is 14.9. The highest BCUT2D eigenvalue weighted by Gasteiger charge is 2.09. The van der Waals surface area contributed by atoms with Crippen LogP contribution in [0.4, 0.5) is 5.69 Å². The zero-order chi connectivity index (χ0) is 15.1. The Morgan fingerprint density at radius 2 is 1.81 bits per heavy atom. The molecule has 0 radical (unpaired) electrons. The highest BCUT2D eigenvalue weighted by molar-refractivity contribution is 7.98. The first-order valence-electron chi connectivity index (χ1n) is 6.35.